The van der Waals surface area contributed by atoms with Crippen LogP contribution in [-0.4, -0.2) is 24.6 Å². The number of hydrogen-bond donors (Lipinski definition) is 2. The van der Waals surface area contributed by atoms with Crippen LogP contribution in [0.15, 0.2) is 35.7 Å². The molecule has 0 spiro atoms. The number of methoxy groups -OCH3 is 1. The molecule has 1 aliphatic heterocycles. The first-order valence-electron chi connectivity index (χ1n) is 9.92. The number of rotatable bonds is 6. The molecule has 1 fully saturated rings. The van der Waals surface area contributed by atoms with Crippen LogP contribution in [0.25, 0.3) is 0 Å². The lowest BCUT2D eigenvalue weighted by Crippen LogP contribution is -2.28. The van der Waals surface area contributed by atoms with Crippen molar-refractivity contribution in [3.05, 3.63) is 57.9 Å². The first-order valence-corrected chi connectivity index (χ1v) is 9.92. The van der Waals surface area contributed by atoms with E-state index in [9.17, 15) is 10.1 Å². The van der Waals surface area contributed by atoms with Gasteiger partial charge in [-0.15, -0.1) is 0 Å². The van der Waals surface area contributed by atoms with Crippen LogP contribution in [0.5, 0.6) is 11.6 Å². The van der Waals surface area contributed by atoms with E-state index in [0.717, 1.165) is 35.2 Å². The fraction of sp³-hybridized carbons (Fsp3) is 0.348. The van der Waals surface area contributed by atoms with Crippen molar-refractivity contribution in [1.29, 1.82) is 5.26 Å². The second-order valence-corrected chi connectivity index (χ2v) is 7.82. The Kier molecular flexibility index (Phi) is 5.08. The van der Waals surface area contributed by atoms with E-state index in [0.29, 0.717) is 41.0 Å². The van der Waals surface area contributed by atoms with E-state index >= 15 is 0 Å². The van der Waals surface area contributed by atoms with Crippen LogP contribution >= 0.6 is 0 Å². The maximum atomic E-state index is 12.5. The standard InChI is InChI=1S/C23H24N4O3/c1-12-10-26-23(30-11-14-4-5-14)20-19(18(22(25)28)13(2)27-21(12)20)16-7-6-15(9-24)8-17(16)29-3/h6-8,10,14,19,27H,4-5,11H2,1-3H3,(H2,25,28)/t19-/m1/s1. The van der Waals surface area contributed by atoms with Crippen LogP contribution in [0.2, 0.25) is 0 Å². The Bertz CT molecular complexity index is 1100. The topological polar surface area (TPSA) is 110 Å². The second kappa shape index (κ2) is 7.71. The van der Waals surface area contributed by atoms with Gasteiger partial charge in [-0.1, -0.05) is 6.07 Å². The summed E-state index contributed by atoms with van der Waals surface area (Å²) >= 11 is 0. The molecule has 1 aromatic carbocycles. The number of primary amides is 1. The summed E-state index contributed by atoms with van der Waals surface area (Å²) in [5, 5.41) is 12.6. The molecule has 7 heteroatoms. The van der Waals surface area contributed by atoms with E-state index in [1.54, 1.807) is 31.5 Å². The Morgan fingerprint density at radius 1 is 1.37 bits per heavy atom. The number of hydrogen-bond acceptors (Lipinski definition) is 6. The van der Waals surface area contributed by atoms with Gasteiger partial charge in [-0.25, -0.2) is 4.98 Å². The van der Waals surface area contributed by atoms with Crippen molar-refractivity contribution in [3.63, 3.8) is 0 Å². The summed E-state index contributed by atoms with van der Waals surface area (Å²) in [6.07, 6.45) is 4.08. The quantitative estimate of drug-likeness (QED) is 0.764. The lowest BCUT2D eigenvalue weighted by atomic mass is 9.79. The number of allylic oxidation sites excluding steroid dienone is 1. The zero-order valence-electron chi connectivity index (χ0n) is 17.3. The number of nitrogens with one attached hydrogen (secondary N) is 1. The predicted octanol–water partition coefficient (Wildman–Crippen LogP) is 3.38. The largest absolute Gasteiger partial charge is 0.496 e. The molecule has 2 heterocycles. The molecule has 4 rings (SSSR count). The van der Waals surface area contributed by atoms with Gasteiger partial charge in [0.15, 0.2) is 0 Å². The summed E-state index contributed by atoms with van der Waals surface area (Å²) in [7, 11) is 1.54. The van der Waals surface area contributed by atoms with Crippen molar-refractivity contribution in [2.75, 3.05) is 19.0 Å². The summed E-state index contributed by atoms with van der Waals surface area (Å²) in [5.41, 5.74) is 10.7. The van der Waals surface area contributed by atoms with Gasteiger partial charge in [0.25, 0.3) is 0 Å². The Hall–Kier alpha value is -3.53. The maximum Gasteiger partial charge on any atom is 0.247 e. The summed E-state index contributed by atoms with van der Waals surface area (Å²) in [6, 6.07) is 7.30. The molecule has 3 N–H and O–H groups in total. The van der Waals surface area contributed by atoms with Crippen molar-refractivity contribution in [3.8, 4) is 17.7 Å². The molecule has 0 radical (unpaired) electrons. The molecule has 1 aromatic heterocycles. The van der Waals surface area contributed by atoms with Gasteiger partial charge in [0, 0.05) is 23.0 Å². The van der Waals surface area contributed by atoms with Crippen molar-refractivity contribution in [2.24, 2.45) is 11.7 Å². The fourth-order valence-corrected chi connectivity index (χ4v) is 3.91. The molecule has 1 saturated carbocycles. The molecule has 2 aromatic rings. The summed E-state index contributed by atoms with van der Waals surface area (Å²) in [6.45, 7) is 4.38. The molecule has 1 atom stereocenters. The van der Waals surface area contributed by atoms with E-state index in [4.69, 9.17) is 15.2 Å². The fourth-order valence-electron chi connectivity index (χ4n) is 3.91. The molecule has 1 aliphatic carbocycles. The average Bonchev–Trinajstić information content (AvgIpc) is 3.56. The molecule has 0 saturated heterocycles. The number of nitriles is 1. The molecule has 0 bridgehead atoms. The maximum absolute atomic E-state index is 12.5. The highest BCUT2D eigenvalue weighted by atomic mass is 16.5. The smallest absolute Gasteiger partial charge is 0.247 e. The van der Waals surface area contributed by atoms with Gasteiger partial charge < -0.3 is 20.5 Å². The Labute approximate surface area is 175 Å². The van der Waals surface area contributed by atoms with E-state index in [-0.39, 0.29) is 0 Å². The Balaban J connectivity index is 1.95. The van der Waals surface area contributed by atoms with E-state index in [1.807, 2.05) is 13.8 Å². The number of amides is 1. The van der Waals surface area contributed by atoms with E-state index in [2.05, 4.69) is 16.4 Å². The minimum atomic E-state index is -0.531. The van der Waals surface area contributed by atoms with Crippen molar-refractivity contribution in [1.82, 2.24) is 4.98 Å². The number of benzene rings is 1. The summed E-state index contributed by atoms with van der Waals surface area (Å²) < 4.78 is 11.7. The minimum absolute atomic E-state index is 0.425. The lowest BCUT2D eigenvalue weighted by Gasteiger charge is -2.32. The van der Waals surface area contributed by atoms with Crippen LogP contribution in [0, 0.1) is 24.2 Å². The number of fused-ring (bicyclic) bond motifs is 1. The minimum Gasteiger partial charge on any atom is -0.496 e. The molecular formula is C23H24N4O3. The van der Waals surface area contributed by atoms with E-state index < -0.39 is 11.8 Å². The van der Waals surface area contributed by atoms with Crippen LogP contribution in [0.4, 0.5) is 5.69 Å². The first-order chi connectivity index (χ1) is 14.4. The molecular weight excluding hydrogens is 380 g/mol. The zero-order valence-corrected chi connectivity index (χ0v) is 17.3. The van der Waals surface area contributed by atoms with Crippen molar-refractivity contribution in [2.45, 2.75) is 32.6 Å². The van der Waals surface area contributed by atoms with E-state index in [1.165, 1.54) is 0 Å². The molecule has 7 nitrogen and oxygen atoms in total. The lowest BCUT2D eigenvalue weighted by molar-refractivity contribution is -0.114. The number of anilines is 1. The molecule has 30 heavy (non-hydrogen) atoms. The normalized spacial score (nSPS) is 17.6. The number of pyridine rings is 1. The van der Waals surface area contributed by atoms with Crippen molar-refractivity contribution < 1.29 is 14.3 Å². The monoisotopic (exact) mass is 404 g/mol. The van der Waals surface area contributed by atoms with Gasteiger partial charge in [0.2, 0.25) is 11.8 Å². The number of aromatic nitrogens is 1. The average molecular weight is 404 g/mol. The highest BCUT2D eigenvalue weighted by Crippen LogP contribution is 2.49. The van der Waals surface area contributed by atoms with Crippen LogP contribution in [0.3, 0.4) is 0 Å². The van der Waals surface area contributed by atoms with Crippen LogP contribution < -0.4 is 20.5 Å². The highest BCUT2D eigenvalue weighted by Gasteiger charge is 2.37. The van der Waals surface area contributed by atoms with Gasteiger partial charge in [0.05, 0.1) is 42.5 Å². The number of ether oxygens (including phenoxy) is 2. The highest BCUT2D eigenvalue weighted by molar-refractivity contribution is 5.98. The Morgan fingerprint density at radius 2 is 2.13 bits per heavy atom. The van der Waals surface area contributed by atoms with Crippen molar-refractivity contribution >= 4 is 11.6 Å². The molecule has 1 amide bonds. The number of carbonyl (C=O) groups excluding carboxylic acids is 1. The zero-order chi connectivity index (χ0) is 21.4. The van der Waals surface area contributed by atoms with Gasteiger partial charge >= 0.3 is 0 Å². The van der Waals surface area contributed by atoms with Gasteiger partial charge in [-0.05, 0) is 50.3 Å². The third-order valence-corrected chi connectivity index (χ3v) is 5.66. The van der Waals surface area contributed by atoms with Crippen LogP contribution in [0.1, 0.15) is 47.9 Å². The third kappa shape index (κ3) is 3.45. The van der Waals surface area contributed by atoms with Crippen LogP contribution in [-0.2, 0) is 4.79 Å². The molecule has 154 valence electrons. The predicted molar refractivity (Wildman–Crippen MR) is 112 cm³/mol. The third-order valence-electron chi connectivity index (χ3n) is 5.66. The van der Waals surface area contributed by atoms with Gasteiger partial charge in [-0.3, -0.25) is 4.79 Å². The van der Waals surface area contributed by atoms with Gasteiger partial charge in [-0.2, -0.15) is 5.26 Å². The summed E-state index contributed by atoms with van der Waals surface area (Å²) in [5.74, 6) is 0.488. The second-order valence-electron chi connectivity index (χ2n) is 7.82. The first kappa shape index (κ1) is 19.8. The number of carbonyl (C=O) groups is 1. The Morgan fingerprint density at radius 3 is 2.77 bits per heavy atom. The summed E-state index contributed by atoms with van der Waals surface area (Å²) in [4.78, 5) is 17.1. The number of aryl methyl sites for hydroxylation is 1. The number of nitrogens with zero attached hydrogens (tertiary/aromatic N) is 2. The SMILES string of the molecule is COc1cc(C#N)ccc1[C@@H]1C(C(N)=O)=C(C)Nc2c(C)cnc(OCC3CC3)c21. The molecule has 2 aliphatic rings. The van der Waals surface area contributed by atoms with Gasteiger partial charge in [0.1, 0.15) is 5.75 Å². The number of nitrogens with two attached hydrogens (primary N) is 1. The molecule has 0 unspecified atom stereocenters.